The van der Waals surface area contributed by atoms with Crippen molar-refractivity contribution in [3.8, 4) is 5.88 Å². The molecular weight excluding hydrogens is 200 g/mol. The Kier molecular flexibility index (Phi) is 4.39. The summed E-state index contributed by atoms with van der Waals surface area (Å²) in [6.07, 6.45) is 2.99. The van der Waals surface area contributed by atoms with Crippen molar-refractivity contribution in [1.82, 2.24) is 9.97 Å². The standard InChI is InChI=1S/C9H12N2O2S/c1-3-14-6-7(12)8-9(13-2)11-5-4-10-8/h4-5H,3,6H2,1-2H3. The lowest BCUT2D eigenvalue weighted by Gasteiger charge is -2.03. The maximum atomic E-state index is 11.6. The summed E-state index contributed by atoms with van der Waals surface area (Å²) in [5, 5.41) is 0. The molecule has 0 spiro atoms. The number of hydrogen-bond acceptors (Lipinski definition) is 5. The lowest BCUT2D eigenvalue weighted by molar-refractivity contribution is 0.101. The first-order valence-electron chi connectivity index (χ1n) is 4.25. The molecule has 0 unspecified atom stereocenters. The van der Waals surface area contributed by atoms with Gasteiger partial charge in [0.05, 0.1) is 12.9 Å². The first-order valence-corrected chi connectivity index (χ1v) is 5.41. The molecular formula is C9H12N2O2S. The van der Waals surface area contributed by atoms with Gasteiger partial charge in [0.15, 0.2) is 11.5 Å². The van der Waals surface area contributed by atoms with E-state index in [1.54, 1.807) is 11.8 Å². The minimum atomic E-state index is -0.0400. The average Bonchev–Trinajstić information content (AvgIpc) is 2.25. The highest BCUT2D eigenvalue weighted by molar-refractivity contribution is 7.99. The van der Waals surface area contributed by atoms with E-state index in [0.717, 1.165) is 5.75 Å². The Morgan fingerprint density at radius 3 is 2.86 bits per heavy atom. The van der Waals surface area contributed by atoms with Gasteiger partial charge in [-0.05, 0) is 5.75 Å². The van der Waals surface area contributed by atoms with Crippen LogP contribution in [-0.4, -0.2) is 34.4 Å². The van der Waals surface area contributed by atoms with Crippen LogP contribution in [0.25, 0.3) is 0 Å². The number of ketones is 1. The first-order chi connectivity index (χ1) is 6.79. The highest BCUT2D eigenvalue weighted by atomic mass is 32.2. The van der Waals surface area contributed by atoms with Crippen molar-refractivity contribution in [2.45, 2.75) is 6.92 Å². The van der Waals surface area contributed by atoms with Crippen LogP contribution in [-0.2, 0) is 0 Å². The van der Waals surface area contributed by atoms with Crippen LogP contribution < -0.4 is 4.74 Å². The van der Waals surface area contributed by atoms with E-state index in [4.69, 9.17) is 4.74 Å². The molecule has 0 saturated carbocycles. The van der Waals surface area contributed by atoms with Gasteiger partial charge in [-0.1, -0.05) is 6.92 Å². The number of carbonyl (C=O) groups excluding carboxylic acids is 1. The lowest BCUT2D eigenvalue weighted by Crippen LogP contribution is -2.08. The van der Waals surface area contributed by atoms with Crippen LogP contribution in [0.5, 0.6) is 5.88 Å². The van der Waals surface area contributed by atoms with Gasteiger partial charge in [-0.15, -0.1) is 0 Å². The second kappa shape index (κ2) is 5.59. The summed E-state index contributed by atoms with van der Waals surface area (Å²) in [5.41, 5.74) is 0.316. The fourth-order valence-corrected chi connectivity index (χ4v) is 1.46. The van der Waals surface area contributed by atoms with Gasteiger partial charge in [-0.3, -0.25) is 4.79 Å². The third-order valence-electron chi connectivity index (χ3n) is 1.56. The van der Waals surface area contributed by atoms with E-state index in [1.165, 1.54) is 19.5 Å². The van der Waals surface area contributed by atoms with E-state index in [9.17, 15) is 4.79 Å². The molecule has 0 atom stereocenters. The number of thioether (sulfide) groups is 1. The summed E-state index contributed by atoms with van der Waals surface area (Å²) in [6.45, 7) is 2.01. The smallest absolute Gasteiger partial charge is 0.243 e. The third-order valence-corrected chi connectivity index (χ3v) is 2.43. The molecule has 14 heavy (non-hydrogen) atoms. The molecule has 5 heteroatoms. The zero-order chi connectivity index (χ0) is 10.4. The van der Waals surface area contributed by atoms with Crippen LogP contribution in [0.4, 0.5) is 0 Å². The second-order valence-electron chi connectivity index (χ2n) is 2.47. The largest absolute Gasteiger partial charge is 0.479 e. The zero-order valence-electron chi connectivity index (χ0n) is 8.19. The van der Waals surface area contributed by atoms with Gasteiger partial charge < -0.3 is 4.74 Å². The van der Waals surface area contributed by atoms with Gasteiger partial charge in [0.2, 0.25) is 5.88 Å². The Morgan fingerprint density at radius 2 is 2.21 bits per heavy atom. The minimum absolute atomic E-state index is 0.0400. The minimum Gasteiger partial charge on any atom is -0.479 e. The van der Waals surface area contributed by atoms with E-state index >= 15 is 0 Å². The molecule has 0 bridgehead atoms. The Hall–Kier alpha value is -1.10. The van der Waals surface area contributed by atoms with E-state index in [0.29, 0.717) is 17.3 Å². The van der Waals surface area contributed by atoms with Crippen LogP contribution in [0, 0.1) is 0 Å². The average molecular weight is 212 g/mol. The maximum Gasteiger partial charge on any atom is 0.243 e. The molecule has 76 valence electrons. The molecule has 0 aliphatic heterocycles. The van der Waals surface area contributed by atoms with Gasteiger partial charge >= 0.3 is 0 Å². The summed E-state index contributed by atoms with van der Waals surface area (Å²) < 4.78 is 4.94. The number of carbonyl (C=O) groups is 1. The summed E-state index contributed by atoms with van der Waals surface area (Å²) in [7, 11) is 1.48. The molecule has 0 aliphatic carbocycles. The quantitative estimate of drug-likeness (QED) is 0.691. The SMILES string of the molecule is CCSCC(=O)c1nccnc1OC. The van der Waals surface area contributed by atoms with Gasteiger partial charge in [0.1, 0.15) is 0 Å². The Morgan fingerprint density at radius 1 is 1.50 bits per heavy atom. The molecule has 0 aliphatic rings. The van der Waals surface area contributed by atoms with E-state index in [-0.39, 0.29) is 5.78 Å². The number of ether oxygens (including phenoxy) is 1. The summed E-state index contributed by atoms with van der Waals surface area (Å²) in [4.78, 5) is 19.4. The molecule has 0 saturated heterocycles. The predicted molar refractivity (Wildman–Crippen MR) is 55.9 cm³/mol. The zero-order valence-corrected chi connectivity index (χ0v) is 9.00. The van der Waals surface area contributed by atoms with Crippen molar-refractivity contribution in [2.75, 3.05) is 18.6 Å². The number of aromatic nitrogens is 2. The van der Waals surface area contributed by atoms with Gasteiger partial charge in [0.25, 0.3) is 0 Å². The third kappa shape index (κ3) is 2.70. The molecule has 1 aromatic rings. The second-order valence-corrected chi connectivity index (χ2v) is 3.75. The van der Waals surface area contributed by atoms with E-state index in [2.05, 4.69) is 9.97 Å². The van der Waals surface area contributed by atoms with E-state index < -0.39 is 0 Å². The van der Waals surface area contributed by atoms with Crippen molar-refractivity contribution < 1.29 is 9.53 Å². The van der Waals surface area contributed by atoms with Crippen LogP contribution in [0.3, 0.4) is 0 Å². The topological polar surface area (TPSA) is 52.1 Å². The maximum absolute atomic E-state index is 11.6. The van der Waals surface area contributed by atoms with Crippen LogP contribution >= 0.6 is 11.8 Å². The number of rotatable bonds is 5. The number of Topliss-reactive ketones (excluding diaryl/α,β-unsaturated/α-hetero) is 1. The van der Waals surface area contributed by atoms with Crippen LogP contribution in [0.1, 0.15) is 17.4 Å². The normalized spacial score (nSPS) is 9.86. The molecule has 1 rings (SSSR count). The molecule has 0 N–H and O–H groups in total. The van der Waals surface area contributed by atoms with Crippen molar-refractivity contribution >= 4 is 17.5 Å². The molecule has 1 aromatic heterocycles. The van der Waals surface area contributed by atoms with Gasteiger partial charge in [-0.25, -0.2) is 9.97 Å². The number of methoxy groups -OCH3 is 1. The van der Waals surface area contributed by atoms with Gasteiger partial charge in [0, 0.05) is 12.4 Å². The van der Waals surface area contributed by atoms with Crippen molar-refractivity contribution in [3.05, 3.63) is 18.1 Å². The predicted octanol–water partition coefficient (Wildman–Crippen LogP) is 1.42. The van der Waals surface area contributed by atoms with Crippen molar-refractivity contribution in [2.24, 2.45) is 0 Å². The molecule has 0 fully saturated rings. The van der Waals surface area contributed by atoms with Crippen molar-refractivity contribution in [3.63, 3.8) is 0 Å². The van der Waals surface area contributed by atoms with E-state index in [1.807, 2.05) is 6.92 Å². The summed E-state index contributed by atoms with van der Waals surface area (Å²) in [6, 6.07) is 0. The van der Waals surface area contributed by atoms with Crippen LogP contribution in [0.2, 0.25) is 0 Å². The fraction of sp³-hybridized carbons (Fsp3) is 0.444. The molecule has 4 nitrogen and oxygen atoms in total. The molecule has 0 amide bonds. The Bertz CT molecular complexity index is 317. The Balaban J connectivity index is 2.78. The number of hydrogen-bond donors (Lipinski definition) is 0. The number of nitrogens with zero attached hydrogens (tertiary/aromatic N) is 2. The van der Waals surface area contributed by atoms with Gasteiger partial charge in [-0.2, -0.15) is 11.8 Å². The summed E-state index contributed by atoms with van der Waals surface area (Å²) in [5.74, 6) is 1.59. The lowest BCUT2D eigenvalue weighted by atomic mass is 10.3. The molecule has 1 heterocycles. The summed E-state index contributed by atoms with van der Waals surface area (Å²) >= 11 is 1.56. The highest BCUT2D eigenvalue weighted by Gasteiger charge is 2.13. The highest BCUT2D eigenvalue weighted by Crippen LogP contribution is 2.13. The van der Waals surface area contributed by atoms with Crippen LogP contribution in [0.15, 0.2) is 12.4 Å². The molecule has 0 aromatic carbocycles. The first kappa shape index (κ1) is 11.0. The molecule has 0 radical (unpaired) electrons. The monoisotopic (exact) mass is 212 g/mol. The fourth-order valence-electron chi connectivity index (χ4n) is 0.929. The van der Waals surface area contributed by atoms with Crippen molar-refractivity contribution in [1.29, 1.82) is 0 Å². The Labute approximate surface area is 87.1 Å².